The zero-order valence-electron chi connectivity index (χ0n) is 14.2. The Labute approximate surface area is 142 Å². The van der Waals surface area contributed by atoms with E-state index >= 15 is 0 Å². The number of anilines is 1. The number of nitrogens with zero attached hydrogens (tertiary/aromatic N) is 1. The van der Waals surface area contributed by atoms with Gasteiger partial charge in [-0.05, 0) is 25.8 Å². The molecule has 1 aromatic carbocycles. The fourth-order valence-electron chi connectivity index (χ4n) is 2.71. The van der Waals surface area contributed by atoms with Crippen LogP contribution in [0, 0.1) is 0 Å². The van der Waals surface area contributed by atoms with E-state index in [2.05, 4.69) is 10.6 Å². The monoisotopic (exact) mass is 335 g/mol. The molecule has 1 aliphatic heterocycles. The van der Waals surface area contributed by atoms with Gasteiger partial charge in [0.05, 0.1) is 13.7 Å². The summed E-state index contributed by atoms with van der Waals surface area (Å²) < 4.78 is 10.2. The number of methoxy groups -OCH3 is 1. The maximum Gasteiger partial charge on any atom is 0.409 e. The van der Waals surface area contributed by atoms with Crippen molar-refractivity contribution in [3.05, 3.63) is 29.8 Å². The number of likely N-dealkylation sites (tertiary alicyclic amines) is 1. The second kappa shape index (κ2) is 9.12. The van der Waals surface area contributed by atoms with Crippen molar-refractivity contribution in [1.82, 2.24) is 10.2 Å². The van der Waals surface area contributed by atoms with Gasteiger partial charge in [0.25, 0.3) is 0 Å². The number of hydrogen-bond acceptors (Lipinski definition) is 4. The van der Waals surface area contributed by atoms with Gasteiger partial charge in [0, 0.05) is 37.0 Å². The molecule has 0 unspecified atom stereocenters. The van der Waals surface area contributed by atoms with E-state index in [0.29, 0.717) is 26.3 Å². The molecule has 0 radical (unpaired) electrons. The zero-order valence-corrected chi connectivity index (χ0v) is 14.2. The number of amides is 3. The third-order valence-electron chi connectivity index (χ3n) is 3.92. The first kappa shape index (κ1) is 18.1. The summed E-state index contributed by atoms with van der Waals surface area (Å²) in [6.07, 6.45) is 1.31. The van der Waals surface area contributed by atoms with Crippen LogP contribution < -0.4 is 10.6 Å². The molecule has 0 aromatic heterocycles. The Bertz CT molecular complexity index is 565. The molecule has 2 N–H and O–H groups in total. The minimum Gasteiger partial charge on any atom is -0.453 e. The lowest BCUT2D eigenvalue weighted by Crippen LogP contribution is -2.50. The fraction of sp³-hybridized carbons (Fsp3) is 0.529. The van der Waals surface area contributed by atoms with E-state index in [1.807, 2.05) is 31.2 Å². The lowest BCUT2D eigenvalue weighted by atomic mass is 10.1. The van der Waals surface area contributed by atoms with Crippen molar-refractivity contribution < 1.29 is 19.1 Å². The summed E-state index contributed by atoms with van der Waals surface area (Å²) in [5, 5.41) is 5.78. The van der Waals surface area contributed by atoms with E-state index in [9.17, 15) is 9.59 Å². The van der Waals surface area contributed by atoms with Crippen molar-refractivity contribution in [1.29, 1.82) is 0 Å². The smallest absolute Gasteiger partial charge is 0.409 e. The Hall–Kier alpha value is -2.28. The van der Waals surface area contributed by atoms with Gasteiger partial charge in [0.2, 0.25) is 0 Å². The lowest BCUT2D eigenvalue weighted by Gasteiger charge is -2.32. The van der Waals surface area contributed by atoms with Gasteiger partial charge in [-0.15, -0.1) is 0 Å². The average molecular weight is 335 g/mol. The second-order valence-corrected chi connectivity index (χ2v) is 5.65. The first-order chi connectivity index (χ1) is 11.6. The largest absolute Gasteiger partial charge is 0.453 e. The van der Waals surface area contributed by atoms with Crippen LogP contribution in [0.3, 0.4) is 0 Å². The summed E-state index contributed by atoms with van der Waals surface area (Å²) in [6, 6.07) is 7.17. The van der Waals surface area contributed by atoms with Crippen molar-refractivity contribution >= 4 is 17.8 Å². The molecular weight excluding hydrogens is 310 g/mol. The Morgan fingerprint density at radius 3 is 2.88 bits per heavy atom. The number of urea groups is 1. The Morgan fingerprint density at radius 2 is 2.12 bits per heavy atom. The molecule has 1 saturated heterocycles. The Kier molecular flexibility index (Phi) is 6.87. The number of hydrogen-bond donors (Lipinski definition) is 2. The van der Waals surface area contributed by atoms with E-state index in [4.69, 9.17) is 9.47 Å². The van der Waals surface area contributed by atoms with Crippen LogP contribution >= 0.6 is 0 Å². The molecule has 24 heavy (non-hydrogen) atoms. The molecule has 1 heterocycles. The Morgan fingerprint density at radius 1 is 1.33 bits per heavy atom. The molecule has 0 spiro atoms. The molecule has 0 saturated carbocycles. The van der Waals surface area contributed by atoms with Gasteiger partial charge in [-0.25, -0.2) is 9.59 Å². The molecule has 0 aliphatic carbocycles. The van der Waals surface area contributed by atoms with E-state index in [0.717, 1.165) is 24.1 Å². The van der Waals surface area contributed by atoms with Crippen LogP contribution in [0.1, 0.15) is 25.3 Å². The highest BCUT2D eigenvalue weighted by atomic mass is 16.5. The number of para-hydroxylation sites is 1. The normalized spacial score (nSPS) is 17.2. The summed E-state index contributed by atoms with van der Waals surface area (Å²) in [6.45, 7) is 4.11. The summed E-state index contributed by atoms with van der Waals surface area (Å²) in [5.41, 5.74) is 1.65. The van der Waals surface area contributed by atoms with Crippen LogP contribution in [0.25, 0.3) is 0 Å². The maximum atomic E-state index is 12.3. The standard InChI is InChI=1S/C17H25N3O4/c1-3-24-12-13-7-4-5-9-15(13)19-16(21)18-14-8-6-10-20(11-14)17(22)23-2/h4-5,7,9,14H,3,6,8,10-12H2,1-2H3,(H2,18,19,21)/t14-/m0/s1. The van der Waals surface area contributed by atoms with Crippen LogP contribution in [0.2, 0.25) is 0 Å². The molecule has 1 aliphatic rings. The SMILES string of the molecule is CCOCc1ccccc1NC(=O)N[C@H]1CCCN(C(=O)OC)C1. The van der Waals surface area contributed by atoms with Crippen LogP contribution in [0.5, 0.6) is 0 Å². The number of benzene rings is 1. The third kappa shape index (κ3) is 5.13. The highest BCUT2D eigenvalue weighted by molar-refractivity contribution is 5.90. The highest BCUT2D eigenvalue weighted by Crippen LogP contribution is 2.16. The topological polar surface area (TPSA) is 79.9 Å². The summed E-state index contributed by atoms with van der Waals surface area (Å²) in [4.78, 5) is 25.5. The van der Waals surface area contributed by atoms with Crippen molar-refractivity contribution in [3.8, 4) is 0 Å². The predicted molar refractivity (Wildman–Crippen MR) is 90.9 cm³/mol. The van der Waals surface area contributed by atoms with Gasteiger partial charge in [-0.2, -0.15) is 0 Å². The van der Waals surface area contributed by atoms with Crippen molar-refractivity contribution in [2.24, 2.45) is 0 Å². The third-order valence-corrected chi connectivity index (χ3v) is 3.92. The average Bonchev–Trinajstić information content (AvgIpc) is 2.60. The number of rotatable bonds is 5. The van der Waals surface area contributed by atoms with E-state index in [1.165, 1.54) is 7.11 Å². The maximum absolute atomic E-state index is 12.3. The Balaban J connectivity index is 1.90. The highest BCUT2D eigenvalue weighted by Gasteiger charge is 2.25. The minimum absolute atomic E-state index is 0.0862. The molecule has 1 fully saturated rings. The van der Waals surface area contributed by atoms with E-state index in [1.54, 1.807) is 4.90 Å². The number of piperidine rings is 1. The van der Waals surface area contributed by atoms with Gasteiger partial charge in [-0.3, -0.25) is 0 Å². The lowest BCUT2D eigenvalue weighted by molar-refractivity contribution is 0.108. The number of ether oxygens (including phenoxy) is 2. The number of nitrogens with one attached hydrogen (secondary N) is 2. The van der Waals surface area contributed by atoms with Gasteiger partial charge < -0.3 is 25.0 Å². The second-order valence-electron chi connectivity index (χ2n) is 5.65. The van der Waals surface area contributed by atoms with Crippen LogP contribution in [0.4, 0.5) is 15.3 Å². The molecule has 7 heteroatoms. The molecule has 0 bridgehead atoms. The molecule has 7 nitrogen and oxygen atoms in total. The van der Waals surface area contributed by atoms with Crippen LogP contribution in [-0.2, 0) is 16.1 Å². The first-order valence-electron chi connectivity index (χ1n) is 8.20. The predicted octanol–water partition coefficient (Wildman–Crippen LogP) is 2.58. The molecule has 132 valence electrons. The minimum atomic E-state index is -0.357. The number of carbonyl (C=O) groups is 2. The summed E-state index contributed by atoms with van der Waals surface area (Å²) >= 11 is 0. The van der Waals surface area contributed by atoms with Crippen LogP contribution in [0.15, 0.2) is 24.3 Å². The first-order valence-corrected chi connectivity index (χ1v) is 8.20. The van der Waals surface area contributed by atoms with Gasteiger partial charge in [0.1, 0.15) is 0 Å². The van der Waals surface area contributed by atoms with Crippen molar-refractivity contribution in [2.45, 2.75) is 32.4 Å². The summed E-state index contributed by atoms with van der Waals surface area (Å²) in [5.74, 6) is 0. The zero-order chi connectivity index (χ0) is 17.4. The molecule has 1 atom stereocenters. The quantitative estimate of drug-likeness (QED) is 0.867. The fourth-order valence-corrected chi connectivity index (χ4v) is 2.71. The van der Waals surface area contributed by atoms with Crippen molar-refractivity contribution in [2.75, 3.05) is 32.1 Å². The molecular formula is C17H25N3O4. The molecule has 2 rings (SSSR count). The number of carbonyl (C=O) groups excluding carboxylic acids is 2. The van der Waals surface area contributed by atoms with E-state index < -0.39 is 0 Å². The van der Waals surface area contributed by atoms with Gasteiger partial charge in [0.15, 0.2) is 0 Å². The van der Waals surface area contributed by atoms with Crippen LogP contribution in [-0.4, -0.2) is 49.9 Å². The van der Waals surface area contributed by atoms with E-state index in [-0.39, 0.29) is 18.2 Å². The molecule has 3 amide bonds. The molecule has 1 aromatic rings. The van der Waals surface area contributed by atoms with Gasteiger partial charge in [-0.1, -0.05) is 18.2 Å². The van der Waals surface area contributed by atoms with Crippen molar-refractivity contribution in [3.63, 3.8) is 0 Å². The van der Waals surface area contributed by atoms with Gasteiger partial charge >= 0.3 is 12.1 Å². The summed E-state index contributed by atoms with van der Waals surface area (Å²) in [7, 11) is 1.36.